The third-order valence-corrected chi connectivity index (χ3v) is 0. The maximum Gasteiger partial charge on any atom is -0.00591 e. The zero-order valence-corrected chi connectivity index (χ0v) is 6.62. The van der Waals surface area contributed by atoms with E-state index in [1.54, 1.807) is 12.5 Å². The van der Waals surface area contributed by atoms with E-state index in [9.17, 15) is 0 Å². The Morgan fingerprint density at radius 3 is 1.80 bits per heavy atom. The normalized spacial score (nSPS) is 4.80. The number of hydrogen-bond donors (Lipinski definition) is 0. The first-order valence-electron chi connectivity index (χ1n) is 1.62. The largest absolute Gasteiger partial charge is 0.266 e. The molecule has 0 amide bonds. The van der Waals surface area contributed by atoms with E-state index in [2.05, 4.69) is 6.92 Å². The molecule has 0 radical (unpaired) electrons. The molecule has 28 valence electrons. The zero-order chi connectivity index (χ0) is 4.71. The summed E-state index contributed by atoms with van der Waals surface area (Å²) in [6.07, 6.45) is 0. The Labute approximate surface area is 55.1 Å². The van der Waals surface area contributed by atoms with E-state index in [0.717, 1.165) is 0 Å². The van der Waals surface area contributed by atoms with Gasteiger partial charge in [0.25, 0.3) is 0 Å². The molecule has 0 aliphatic carbocycles. The van der Waals surface area contributed by atoms with Crippen molar-refractivity contribution in [3.63, 3.8) is 0 Å². The summed E-state index contributed by atoms with van der Waals surface area (Å²) in [5, 5.41) is 0. The number of hydrogen-bond acceptors (Lipinski definition) is 1. The van der Waals surface area contributed by atoms with Crippen molar-refractivity contribution in [3.8, 4) is 0 Å². The predicted molar refractivity (Wildman–Crippen MR) is 27.2 cm³/mol. The minimum atomic E-state index is 1.37. The summed E-state index contributed by atoms with van der Waals surface area (Å²) in [6, 6.07) is 0. The molecule has 0 atom stereocenters. The molecule has 0 spiro atoms. The van der Waals surface area contributed by atoms with Crippen molar-refractivity contribution in [1.82, 2.24) is 0 Å². The van der Waals surface area contributed by atoms with Crippen molar-refractivity contribution in [2.45, 2.75) is 10.6 Å². The Hall–Kier alpha value is 1.15. The Kier molecular flexibility index (Phi) is 36.3. The van der Waals surface area contributed by atoms with Crippen LogP contribution in [0, 0.1) is 0 Å². The maximum atomic E-state index is 8.06. The van der Waals surface area contributed by atoms with Gasteiger partial charge in [0, 0.05) is 0 Å². The second kappa shape index (κ2) is 19.2. The molecule has 0 aromatic rings. The third-order valence-electron chi connectivity index (χ3n) is 0. The van der Waals surface area contributed by atoms with Crippen molar-refractivity contribution in [1.29, 1.82) is 0 Å². The van der Waals surface area contributed by atoms with Gasteiger partial charge in [-0.15, -0.1) is 0 Å². The van der Waals surface area contributed by atoms with Gasteiger partial charge in [-0.25, -0.2) is 0 Å². The molecule has 0 N–H and O–H groups in total. The Morgan fingerprint density at radius 1 is 1.80 bits per heavy atom. The van der Waals surface area contributed by atoms with Crippen molar-refractivity contribution in [2.24, 2.45) is 0 Å². The summed E-state index contributed by atoms with van der Waals surface area (Å²) in [4.78, 5) is 0. The molecule has 0 bridgehead atoms. The molecule has 0 aliphatic rings. The molecule has 3 heteroatoms. The van der Waals surface area contributed by atoms with Crippen molar-refractivity contribution in [3.05, 3.63) is 0 Å². The van der Waals surface area contributed by atoms with Gasteiger partial charge in [-0.1, -0.05) is 0 Å². The van der Waals surface area contributed by atoms with Gasteiger partial charge in [-0.05, 0) is 12.5 Å². The molecule has 0 aromatic heterocycles. The first kappa shape index (κ1) is 9.47. The van der Waals surface area contributed by atoms with Crippen LogP contribution in [0.1, 0.15) is 6.92 Å². The molecule has 0 heterocycles. The van der Waals surface area contributed by atoms with Gasteiger partial charge < -0.3 is 0 Å². The molecule has 1 nitrogen and oxygen atoms in total. The molecule has 5 heavy (non-hydrogen) atoms. The standard InChI is InChI=1S/C2H5.Na.H2OS/c1-2;;1-2/h1H2,2H3;;2H2. The van der Waals surface area contributed by atoms with Crippen LogP contribution in [-0.4, -0.2) is 32.1 Å². The second-order valence-corrected chi connectivity index (χ2v) is 2.12. The fourth-order valence-electron chi connectivity index (χ4n) is 0. The first-order valence-corrected chi connectivity index (χ1v) is 3.44. The van der Waals surface area contributed by atoms with Crippen molar-refractivity contribution < 1.29 is 4.21 Å². The van der Waals surface area contributed by atoms with Crippen LogP contribution >= 0.6 is 0 Å². The van der Waals surface area contributed by atoms with Crippen molar-refractivity contribution in [2.75, 3.05) is 0 Å². The Bertz CT molecular complexity index is 13.6. The van der Waals surface area contributed by atoms with E-state index < -0.39 is 0 Å². The monoisotopic (exact) mass is 102 g/mol. The van der Waals surface area contributed by atoms with Crippen molar-refractivity contribution >= 4 is 40.5 Å². The summed E-state index contributed by atoms with van der Waals surface area (Å²) >= 11 is 3.09. The SMILES string of the molecule is C[CH2][Na].O=[SH2]. The van der Waals surface area contributed by atoms with Crippen LogP contribution in [0.25, 0.3) is 0 Å². The Balaban J connectivity index is 0. The van der Waals surface area contributed by atoms with E-state index in [1.165, 1.54) is 31.6 Å². The van der Waals surface area contributed by atoms with Gasteiger partial charge in [-0.3, -0.25) is 4.21 Å². The molecule has 0 fully saturated rings. The van der Waals surface area contributed by atoms with Gasteiger partial charge in [0.05, 0.1) is 0 Å². The molecule has 0 unspecified atom stereocenters. The van der Waals surface area contributed by atoms with Gasteiger partial charge in [-0.2, -0.15) is 0 Å². The van der Waals surface area contributed by atoms with E-state index in [4.69, 9.17) is 4.21 Å². The van der Waals surface area contributed by atoms with Crippen LogP contribution in [0.3, 0.4) is 0 Å². The summed E-state index contributed by atoms with van der Waals surface area (Å²) in [6.45, 7) is 2.19. The summed E-state index contributed by atoms with van der Waals surface area (Å²) in [5.74, 6) is 0. The van der Waals surface area contributed by atoms with Crippen LogP contribution in [0.2, 0.25) is 3.67 Å². The predicted octanol–water partition coefficient (Wildman–Crippen LogP) is -0.279. The molecular formula is C2H7NaOS. The fraction of sp³-hybridized carbons (Fsp3) is 1.00. The Morgan fingerprint density at radius 2 is 1.80 bits per heavy atom. The molecule has 0 aromatic carbocycles. The minimum Gasteiger partial charge on any atom is -0.266 e. The quantitative estimate of drug-likeness (QED) is 0.384. The molecule has 0 aliphatic heterocycles. The average Bonchev–Trinajstić information content (AvgIpc) is 1.46. The van der Waals surface area contributed by atoms with Crippen LogP contribution in [0.15, 0.2) is 0 Å². The first-order chi connectivity index (χ1) is 2.41. The zero-order valence-electron chi connectivity index (χ0n) is 3.62. The number of rotatable bonds is 0. The maximum absolute atomic E-state index is 8.06. The van der Waals surface area contributed by atoms with E-state index in [0.29, 0.717) is 0 Å². The van der Waals surface area contributed by atoms with Crippen LogP contribution < -0.4 is 0 Å². The second-order valence-electron chi connectivity index (χ2n) is 0.707. The molecule has 0 rings (SSSR count). The van der Waals surface area contributed by atoms with E-state index in [1.807, 2.05) is 0 Å². The van der Waals surface area contributed by atoms with E-state index >= 15 is 0 Å². The molecular weight excluding hydrogens is 95.1 g/mol. The summed E-state index contributed by atoms with van der Waals surface area (Å²) in [5.41, 5.74) is 0. The fourth-order valence-corrected chi connectivity index (χ4v) is 0. The average molecular weight is 102 g/mol. The van der Waals surface area contributed by atoms with Gasteiger partial charge >= 0.3 is 38.5 Å². The third kappa shape index (κ3) is 38.6. The van der Waals surface area contributed by atoms with Gasteiger partial charge in [0.2, 0.25) is 0 Å². The van der Waals surface area contributed by atoms with Crippen LogP contribution in [-0.2, 0) is 12.5 Å². The summed E-state index contributed by atoms with van der Waals surface area (Å²) in [7, 11) is 0. The van der Waals surface area contributed by atoms with Gasteiger partial charge in [0.15, 0.2) is 0 Å². The van der Waals surface area contributed by atoms with E-state index in [-0.39, 0.29) is 0 Å². The topological polar surface area (TPSA) is 17.1 Å². The smallest absolute Gasteiger partial charge is 0.00591 e. The minimum absolute atomic E-state index is 1.37. The molecule has 0 saturated heterocycles. The van der Waals surface area contributed by atoms with Crippen LogP contribution in [0.5, 0.6) is 0 Å². The van der Waals surface area contributed by atoms with Crippen LogP contribution in [0.4, 0.5) is 0 Å². The summed E-state index contributed by atoms with van der Waals surface area (Å²) < 4.78 is 9.44. The van der Waals surface area contributed by atoms with Gasteiger partial charge in [0.1, 0.15) is 0 Å². The molecule has 0 saturated carbocycles.